The number of aromatic carboxylic acids is 1. The van der Waals surface area contributed by atoms with Crippen LogP contribution >= 0.6 is 58.0 Å². The van der Waals surface area contributed by atoms with Crippen LogP contribution in [0.25, 0.3) is 0 Å². The van der Waals surface area contributed by atoms with Gasteiger partial charge >= 0.3 is 5.97 Å². The molecule has 0 heterocycles. The van der Waals surface area contributed by atoms with E-state index < -0.39 is 29.7 Å². The molecule has 0 bridgehead atoms. The van der Waals surface area contributed by atoms with Crippen LogP contribution in [0.15, 0.2) is 121 Å². The molecule has 0 aliphatic rings. The Morgan fingerprint density at radius 3 is 1.20 bits per heavy atom. The molecular formula is C48H53Cl5O11. The van der Waals surface area contributed by atoms with Crippen LogP contribution in [-0.2, 0) is 9.59 Å². The van der Waals surface area contributed by atoms with E-state index in [-0.39, 0.29) is 45.2 Å². The summed E-state index contributed by atoms with van der Waals surface area (Å²) in [6, 6.07) is 32.8. The van der Waals surface area contributed by atoms with E-state index in [1.54, 1.807) is 84.9 Å². The van der Waals surface area contributed by atoms with E-state index in [1.807, 2.05) is 19.1 Å². The number of aliphatic hydroxyl groups excluding tert-OH is 2. The molecule has 0 aliphatic heterocycles. The zero-order valence-electron chi connectivity index (χ0n) is 36.2. The lowest BCUT2D eigenvalue weighted by atomic mass is 9.82. The third kappa shape index (κ3) is 24.3. The van der Waals surface area contributed by atoms with E-state index in [0.29, 0.717) is 47.4 Å². The number of carboxylic acids is 1. The fraction of sp³-hybridized carbons (Fsp3) is 0.250. The number of hydrogen-bond donors (Lipinski definition) is 3. The van der Waals surface area contributed by atoms with Crippen LogP contribution in [0.5, 0.6) is 0 Å². The average Bonchev–Trinajstić information content (AvgIpc) is 3.20. The van der Waals surface area contributed by atoms with Gasteiger partial charge in [-0.1, -0.05) is 140 Å². The lowest BCUT2D eigenvalue weighted by Gasteiger charge is -2.22. The predicted octanol–water partition coefficient (Wildman–Crippen LogP) is 11.0. The van der Waals surface area contributed by atoms with Crippen LogP contribution in [0.2, 0.25) is 25.1 Å². The molecule has 11 nitrogen and oxygen atoms in total. The fourth-order valence-electron chi connectivity index (χ4n) is 5.19. The monoisotopic (exact) mass is 980 g/mol. The smallest absolute Gasteiger partial charge is 0.335 e. The van der Waals surface area contributed by atoms with Gasteiger partial charge < -0.3 is 26.3 Å². The van der Waals surface area contributed by atoms with Gasteiger partial charge in [0.05, 0.1) is 5.56 Å². The highest BCUT2D eigenvalue weighted by molar-refractivity contribution is 6.43. The first-order chi connectivity index (χ1) is 28.8. The van der Waals surface area contributed by atoms with Crippen LogP contribution in [-0.4, -0.2) is 67.3 Å². The molecule has 64 heavy (non-hydrogen) atoms. The molecule has 0 amide bonds. The van der Waals surface area contributed by atoms with Crippen molar-refractivity contribution in [1.29, 1.82) is 0 Å². The van der Waals surface area contributed by atoms with E-state index in [0.717, 1.165) is 6.42 Å². The van der Waals surface area contributed by atoms with Gasteiger partial charge in [0.1, 0.15) is 12.2 Å². The van der Waals surface area contributed by atoms with Crippen molar-refractivity contribution in [2.24, 2.45) is 11.3 Å². The summed E-state index contributed by atoms with van der Waals surface area (Å²) in [4.78, 5) is 66.1. The van der Waals surface area contributed by atoms with Gasteiger partial charge in [0, 0.05) is 54.6 Å². The molecule has 3 atom stereocenters. The van der Waals surface area contributed by atoms with Crippen molar-refractivity contribution in [1.82, 2.24) is 0 Å². The zero-order chi connectivity index (χ0) is 47.3. The third-order valence-corrected chi connectivity index (χ3v) is 9.17. The van der Waals surface area contributed by atoms with E-state index in [1.165, 1.54) is 45.0 Å². The topological polar surface area (TPSA) is 226 Å². The summed E-state index contributed by atoms with van der Waals surface area (Å²) in [6.07, 6.45) is -1.13. The largest absolute Gasteiger partial charge is 0.478 e. The molecule has 0 spiro atoms. The lowest BCUT2D eigenvalue weighted by Crippen LogP contribution is -2.18. The summed E-state index contributed by atoms with van der Waals surface area (Å²) >= 11 is 28.4. The number of hydrogen-bond acceptors (Lipinski definition) is 8. The van der Waals surface area contributed by atoms with Crippen LogP contribution in [0.4, 0.5) is 0 Å². The maximum Gasteiger partial charge on any atom is 0.335 e. The molecule has 346 valence electrons. The number of aliphatic hydroxyl groups is 2. The van der Waals surface area contributed by atoms with Crippen molar-refractivity contribution in [3.05, 3.63) is 174 Å². The van der Waals surface area contributed by atoms with Crippen molar-refractivity contribution >= 4 is 92.9 Å². The molecule has 0 aliphatic carbocycles. The molecule has 0 radical (unpaired) electrons. The Morgan fingerprint density at radius 1 is 0.531 bits per heavy atom. The highest BCUT2D eigenvalue weighted by Crippen LogP contribution is 2.27. The van der Waals surface area contributed by atoms with Gasteiger partial charge in [-0.3, -0.25) is 24.0 Å². The molecule has 0 aromatic heterocycles. The second kappa shape index (κ2) is 30.4. The second-order valence-corrected chi connectivity index (χ2v) is 17.1. The first-order valence-electron chi connectivity index (χ1n) is 18.8. The van der Waals surface area contributed by atoms with Crippen molar-refractivity contribution < 1.29 is 55.0 Å². The summed E-state index contributed by atoms with van der Waals surface area (Å²) in [7, 11) is 0. The molecule has 3 unspecified atom stereocenters. The van der Waals surface area contributed by atoms with Crippen molar-refractivity contribution in [3.63, 3.8) is 0 Å². The zero-order valence-corrected chi connectivity index (χ0v) is 39.9. The fourth-order valence-corrected chi connectivity index (χ4v) is 6.15. The Hall–Kier alpha value is -4.79. The van der Waals surface area contributed by atoms with E-state index >= 15 is 0 Å². The number of rotatable bonds is 10. The minimum absolute atomic E-state index is 0. The average molecular weight is 983 g/mol. The molecule has 0 fully saturated rings. The summed E-state index contributed by atoms with van der Waals surface area (Å²) < 4.78 is 0. The van der Waals surface area contributed by atoms with Crippen LogP contribution in [0.3, 0.4) is 0 Å². The number of Topliss-reactive ketones (excluding diaryl/α,β-unsaturated/α-hetero) is 5. The van der Waals surface area contributed by atoms with Crippen LogP contribution in [0.1, 0.15) is 108 Å². The highest BCUT2D eigenvalue weighted by Gasteiger charge is 2.22. The van der Waals surface area contributed by atoms with E-state index in [2.05, 4.69) is 20.8 Å². The number of carbonyl (C=O) groups excluding carboxylic acids is 5. The first-order valence-corrected chi connectivity index (χ1v) is 20.7. The van der Waals surface area contributed by atoms with Gasteiger partial charge in [0.2, 0.25) is 5.78 Å². The predicted molar refractivity (Wildman–Crippen MR) is 256 cm³/mol. The number of halogens is 5. The molecule has 7 N–H and O–H groups in total. The lowest BCUT2D eigenvalue weighted by molar-refractivity contribution is -0.125. The number of carboxylic acid groups (broad SMARTS) is 1. The highest BCUT2D eigenvalue weighted by atomic mass is 35.5. The first kappa shape index (κ1) is 61.3. The third-order valence-electron chi connectivity index (χ3n) is 7.99. The Morgan fingerprint density at radius 2 is 0.875 bits per heavy atom. The number of ketones is 5. The molecule has 5 aromatic rings. The normalized spacial score (nSPS) is 11.3. The Labute approximate surface area is 398 Å². The Bertz CT molecular complexity index is 2310. The Balaban J connectivity index is 0. The minimum atomic E-state index is -1.05. The molecule has 0 saturated carbocycles. The van der Waals surface area contributed by atoms with Crippen molar-refractivity contribution in [3.8, 4) is 0 Å². The molecule has 0 saturated heterocycles. The SMILES string of the molecule is CC(=O)C(=O)c1cccc(Cl)c1.CC(=O)C(O)c1cccc(Cl)c1.CC(CC(C)(C)C)C(=O)c1cccc(Cl)c1.CC(O)C(=O)c1cccc(Cl)c1.O.O.O=C(O)c1cccc(Cl)c1. The molecular weight excluding hydrogens is 930 g/mol. The van der Waals surface area contributed by atoms with E-state index in [4.69, 9.17) is 68.2 Å². The van der Waals surface area contributed by atoms with Crippen molar-refractivity contribution in [2.75, 3.05) is 0 Å². The molecule has 16 heteroatoms. The van der Waals surface area contributed by atoms with Gasteiger partial charge in [-0.15, -0.1) is 0 Å². The maximum atomic E-state index is 12.1. The van der Waals surface area contributed by atoms with Crippen LogP contribution in [0, 0.1) is 11.3 Å². The summed E-state index contributed by atoms with van der Waals surface area (Å²) in [5, 5.41) is 29.3. The van der Waals surface area contributed by atoms with E-state index in [9.17, 15) is 33.9 Å². The Kier molecular flexibility index (Phi) is 29.1. The molecule has 5 rings (SSSR count). The summed E-state index contributed by atoms with van der Waals surface area (Å²) in [5.74, 6) is -2.30. The summed E-state index contributed by atoms with van der Waals surface area (Å²) in [6.45, 7) is 12.4. The maximum absolute atomic E-state index is 12.1. The van der Waals surface area contributed by atoms with Crippen molar-refractivity contribution in [2.45, 2.75) is 67.1 Å². The van der Waals surface area contributed by atoms with Gasteiger partial charge in [-0.25, -0.2) is 4.79 Å². The van der Waals surface area contributed by atoms with Gasteiger partial charge in [0.15, 0.2) is 23.1 Å². The molecule has 5 aromatic carbocycles. The van der Waals surface area contributed by atoms with Gasteiger partial charge in [0.25, 0.3) is 0 Å². The number of carbonyl (C=O) groups is 6. The van der Waals surface area contributed by atoms with Gasteiger partial charge in [-0.05, 0) is 98.0 Å². The quantitative estimate of drug-likeness (QED) is 0.0892. The second-order valence-electron chi connectivity index (χ2n) is 14.9. The summed E-state index contributed by atoms with van der Waals surface area (Å²) in [5.41, 5.74) is 2.42. The van der Waals surface area contributed by atoms with Crippen LogP contribution < -0.4 is 0 Å². The number of benzene rings is 5. The van der Waals surface area contributed by atoms with Gasteiger partial charge in [-0.2, -0.15) is 0 Å². The standard InChI is InChI=1S/C14H19ClO.2C9H9ClO2.C9H7ClO2.C7H5ClO2.2H2O/c1-10(9-14(2,3)4)13(16)11-6-5-7-12(15)8-11;3*1-6(11)9(12)7-3-2-4-8(10)5-7;8-6-3-1-2-5(4-6)7(9)10;;/h5-8,10H,9H2,1-4H3;2-5,9,12H,1H3;2-6,11H,1H3;2-5H,1H3;1-4H,(H,9,10);2*1H2. The minimum Gasteiger partial charge on any atom is -0.478 e.